The highest BCUT2D eigenvalue weighted by atomic mass is 16.5. The number of furan rings is 1. The minimum absolute atomic E-state index is 0.0456. The molecule has 0 radical (unpaired) electrons. The van der Waals surface area contributed by atoms with Crippen LogP contribution in [0, 0.1) is 13.8 Å². The highest BCUT2D eigenvalue weighted by Gasteiger charge is 2.40. The molecule has 3 aromatic rings. The summed E-state index contributed by atoms with van der Waals surface area (Å²) in [7, 11) is 3.10. The summed E-state index contributed by atoms with van der Waals surface area (Å²) in [6.45, 7) is 3.95. The molecule has 164 valence electrons. The minimum atomic E-state index is -0.431. The third kappa shape index (κ3) is 3.85. The van der Waals surface area contributed by atoms with Gasteiger partial charge in [-0.2, -0.15) is 0 Å². The van der Waals surface area contributed by atoms with Crippen LogP contribution in [0.25, 0.3) is 5.57 Å². The average Bonchev–Trinajstić information content (AvgIpc) is 3.37. The van der Waals surface area contributed by atoms with E-state index < -0.39 is 5.91 Å². The Labute approximate surface area is 186 Å². The number of hydrogen-bond donors (Lipinski definition) is 1. The Morgan fingerprint density at radius 3 is 2.44 bits per heavy atom. The molecule has 1 aliphatic rings. The number of nitrogens with one attached hydrogen (secondary N) is 1. The molecule has 7 nitrogen and oxygen atoms in total. The van der Waals surface area contributed by atoms with E-state index in [1.165, 1.54) is 18.3 Å². The van der Waals surface area contributed by atoms with Gasteiger partial charge in [-0.3, -0.25) is 14.5 Å². The lowest BCUT2D eigenvalue weighted by Crippen LogP contribution is -2.31. The van der Waals surface area contributed by atoms with Gasteiger partial charge in [0.25, 0.3) is 11.8 Å². The summed E-state index contributed by atoms with van der Waals surface area (Å²) in [4.78, 5) is 28.0. The van der Waals surface area contributed by atoms with Crippen LogP contribution < -0.4 is 14.8 Å². The molecule has 1 N–H and O–H groups in total. The molecule has 1 aromatic heterocycles. The first-order valence-corrected chi connectivity index (χ1v) is 10.1. The van der Waals surface area contributed by atoms with Crippen LogP contribution in [0.2, 0.25) is 0 Å². The summed E-state index contributed by atoms with van der Waals surface area (Å²) in [6, 6.07) is 14.4. The lowest BCUT2D eigenvalue weighted by atomic mass is 9.97. The fraction of sp³-hybridized carbons (Fsp3) is 0.200. The Kier molecular flexibility index (Phi) is 5.73. The van der Waals surface area contributed by atoms with Crippen LogP contribution in [0.5, 0.6) is 11.5 Å². The molecule has 0 saturated heterocycles. The molecule has 0 bridgehead atoms. The highest BCUT2D eigenvalue weighted by molar-refractivity contribution is 6.36. The molecule has 7 heteroatoms. The maximum atomic E-state index is 13.4. The summed E-state index contributed by atoms with van der Waals surface area (Å²) >= 11 is 0. The summed E-state index contributed by atoms with van der Waals surface area (Å²) in [5, 5.41) is 3.15. The number of carbonyl (C=O) groups excluding carboxylic acids is 2. The predicted octanol–water partition coefficient (Wildman–Crippen LogP) is 4.31. The van der Waals surface area contributed by atoms with Gasteiger partial charge in [0.2, 0.25) is 0 Å². The molecule has 32 heavy (non-hydrogen) atoms. The molecule has 2 heterocycles. The van der Waals surface area contributed by atoms with E-state index in [1.54, 1.807) is 37.4 Å². The van der Waals surface area contributed by atoms with E-state index in [0.29, 0.717) is 34.1 Å². The standard InChI is InChI=1S/C25H24N2O5/c1-15-7-9-19(16(2)12-15)22-23(26-20-10-8-17(30-3)13-21(20)31-4)25(29)27(24(22)28)14-18-6-5-11-32-18/h5-13,26H,14H2,1-4H3. The van der Waals surface area contributed by atoms with Crippen LogP contribution in [-0.2, 0) is 16.1 Å². The second kappa shape index (κ2) is 8.63. The van der Waals surface area contributed by atoms with E-state index in [2.05, 4.69) is 5.32 Å². The fourth-order valence-electron chi connectivity index (χ4n) is 3.77. The number of methoxy groups -OCH3 is 2. The number of carbonyl (C=O) groups is 2. The molecule has 2 aromatic carbocycles. The van der Waals surface area contributed by atoms with Crippen LogP contribution >= 0.6 is 0 Å². The third-order valence-electron chi connectivity index (χ3n) is 5.38. The second-order valence-electron chi connectivity index (χ2n) is 7.54. The Hall–Kier alpha value is -4.00. The molecule has 1 aliphatic heterocycles. The van der Waals surface area contributed by atoms with Crippen LogP contribution in [0.15, 0.2) is 64.9 Å². The lowest BCUT2D eigenvalue weighted by Gasteiger charge is -2.15. The monoisotopic (exact) mass is 432 g/mol. The van der Waals surface area contributed by atoms with Crippen molar-refractivity contribution in [2.45, 2.75) is 20.4 Å². The third-order valence-corrected chi connectivity index (χ3v) is 5.38. The summed E-state index contributed by atoms with van der Waals surface area (Å²) in [5.41, 5.74) is 3.73. The SMILES string of the molecule is COc1ccc(NC2=C(c3ccc(C)cc3C)C(=O)N(Cc3ccco3)C2=O)c(OC)c1. The van der Waals surface area contributed by atoms with Crippen LogP contribution in [-0.4, -0.2) is 30.9 Å². The number of ether oxygens (including phenoxy) is 2. The summed E-state index contributed by atoms with van der Waals surface area (Å²) in [6.07, 6.45) is 1.51. The normalized spacial score (nSPS) is 13.7. The van der Waals surface area contributed by atoms with Gasteiger partial charge in [-0.1, -0.05) is 23.8 Å². The van der Waals surface area contributed by atoms with E-state index in [0.717, 1.165) is 11.1 Å². The van der Waals surface area contributed by atoms with Gasteiger partial charge < -0.3 is 19.2 Å². The van der Waals surface area contributed by atoms with Crippen molar-refractivity contribution in [3.8, 4) is 11.5 Å². The number of amides is 2. The predicted molar refractivity (Wildman–Crippen MR) is 120 cm³/mol. The maximum absolute atomic E-state index is 13.4. The van der Waals surface area contributed by atoms with Crippen molar-refractivity contribution in [2.75, 3.05) is 19.5 Å². The van der Waals surface area contributed by atoms with Gasteiger partial charge in [0.15, 0.2) is 0 Å². The van der Waals surface area contributed by atoms with Crippen molar-refractivity contribution in [2.24, 2.45) is 0 Å². The number of benzene rings is 2. The van der Waals surface area contributed by atoms with Gasteiger partial charge in [-0.25, -0.2) is 0 Å². The number of anilines is 1. The molecule has 0 aliphatic carbocycles. The first kappa shape index (κ1) is 21.2. The van der Waals surface area contributed by atoms with Crippen molar-refractivity contribution in [1.82, 2.24) is 4.90 Å². The zero-order chi connectivity index (χ0) is 22.8. The average molecular weight is 432 g/mol. The number of aryl methyl sites for hydroxylation is 2. The second-order valence-corrected chi connectivity index (χ2v) is 7.54. The van der Waals surface area contributed by atoms with E-state index in [9.17, 15) is 9.59 Å². The number of rotatable bonds is 7. The van der Waals surface area contributed by atoms with Crippen molar-refractivity contribution in [3.63, 3.8) is 0 Å². The smallest absolute Gasteiger partial charge is 0.278 e. The molecular weight excluding hydrogens is 408 g/mol. The molecule has 0 atom stereocenters. The largest absolute Gasteiger partial charge is 0.497 e. The summed E-state index contributed by atoms with van der Waals surface area (Å²) in [5.74, 6) is 0.813. The molecule has 0 unspecified atom stereocenters. The van der Waals surface area contributed by atoms with Gasteiger partial charge >= 0.3 is 0 Å². The Bertz CT molecular complexity index is 1210. The minimum Gasteiger partial charge on any atom is -0.497 e. The van der Waals surface area contributed by atoms with Gasteiger partial charge in [0, 0.05) is 6.07 Å². The van der Waals surface area contributed by atoms with Crippen molar-refractivity contribution >= 4 is 23.1 Å². The van der Waals surface area contributed by atoms with E-state index in [-0.39, 0.29) is 18.1 Å². The number of imide groups is 1. The van der Waals surface area contributed by atoms with Gasteiger partial charge in [-0.15, -0.1) is 0 Å². The van der Waals surface area contributed by atoms with Gasteiger partial charge in [0.05, 0.1) is 38.3 Å². The Morgan fingerprint density at radius 1 is 0.969 bits per heavy atom. The lowest BCUT2D eigenvalue weighted by molar-refractivity contribution is -0.137. The number of nitrogens with zero attached hydrogens (tertiary/aromatic N) is 1. The topological polar surface area (TPSA) is 81.0 Å². The van der Waals surface area contributed by atoms with Gasteiger partial charge in [0.1, 0.15) is 23.0 Å². The Morgan fingerprint density at radius 2 is 1.78 bits per heavy atom. The summed E-state index contributed by atoms with van der Waals surface area (Å²) < 4.78 is 16.1. The number of hydrogen-bond acceptors (Lipinski definition) is 6. The van der Waals surface area contributed by atoms with E-state index in [4.69, 9.17) is 13.9 Å². The van der Waals surface area contributed by atoms with Crippen LogP contribution in [0.4, 0.5) is 5.69 Å². The van der Waals surface area contributed by atoms with E-state index in [1.807, 2.05) is 32.0 Å². The molecule has 0 spiro atoms. The van der Waals surface area contributed by atoms with E-state index >= 15 is 0 Å². The molecule has 4 rings (SSSR count). The zero-order valence-electron chi connectivity index (χ0n) is 18.4. The first-order valence-electron chi connectivity index (χ1n) is 10.1. The van der Waals surface area contributed by atoms with Gasteiger partial charge in [-0.05, 0) is 49.2 Å². The molecular formula is C25H24N2O5. The highest BCUT2D eigenvalue weighted by Crippen LogP contribution is 2.36. The molecule has 0 saturated carbocycles. The maximum Gasteiger partial charge on any atom is 0.278 e. The molecule has 0 fully saturated rings. The first-order chi connectivity index (χ1) is 15.4. The van der Waals surface area contributed by atoms with Crippen molar-refractivity contribution in [3.05, 3.63) is 82.9 Å². The quantitative estimate of drug-likeness (QED) is 0.561. The zero-order valence-corrected chi connectivity index (χ0v) is 18.4. The van der Waals surface area contributed by atoms with Crippen molar-refractivity contribution < 1.29 is 23.5 Å². The fourth-order valence-corrected chi connectivity index (χ4v) is 3.77. The molecule has 2 amide bonds. The van der Waals surface area contributed by atoms with Crippen molar-refractivity contribution in [1.29, 1.82) is 0 Å². The van der Waals surface area contributed by atoms with Crippen LogP contribution in [0.1, 0.15) is 22.5 Å². The Balaban J connectivity index is 1.81. The van der Waals surface area contributed by atoms with Crippen LogP contribution in [0.3, 0.4) is 0 Å².